The molecule has 1 fully saturated rings. The fourth-order valence-electron chi connectivity index (χ4n) is 2.01. The molecule has 0 atom stereocenters. The maximum absolute atomic E-state index is 11.7. The highest BCUT2D eigenvalue weighted by Crippen LogP contribution is 2.19. The summed E-state index contributed by atoms with van der Waals surface area (Å²) in [5, 5.41) is 3.02. The van der Waals surface area contributed by atoms with Crippen LogP contribution in [0.5, 0.6) is 0 Å². The first-order valence-electron chi connectivity index (χ1n) is 5.90. The number of rotatable bonds is 5. The van der Waals surface area contributed by atoms with E-state index < -0.39 is 0 Å². The maximum Gasteiger partial charge on any atom is 0.236 e. The van der Waals surface area contributed by atoms with Crippen molar-refractivity contribution in [2.75, 3.05) is 26.2 Å². The molecule has 1 aliphatic rings. The number of likely N-dealkylation sites (tertiary alicyclic amines) is 1. The molecule has 5 heteroatoms. The minimum atomic E-state index is -0.238. The Morgan fingerprint density at radius 2 is 2.00 bits per heavy atom. The molecule has 2 amide bonds. The molecule has 0 unspecified atom stereocenters. The summed E-state index contributed by atoms with van der Waals surface area (Å²) in [6.07, 6.45) is 2.23. The number of piperidine rings is 1. The highest BCUT2D eigenvalue weighted by atomic mass is 16.2. The summed E-state index contributed by atoms with van der Waals surface area (Å²) < 4.78 is 0. The smallest absolute Gasteiger partial charge is 0.236 e. The zero-order chi connectivity index (χ0) is 12.0. The first-order chi connectivity index (χ1) is 7.63. The van der Waals surface area contributed by atoms with Crippen molar-refractivity contribution in [2.45, 2.75) is 26.2 Å². The quantitative estimate of drug-likeness (QED) is 0.677. The van der Waals surface area contributed by atoms with Gasteiger partial charge in [-0.1, -0.05) is 6.92 Å². The van der Waals surface area contributed by atoms with Crippen LogP contribution < -0.4 is 11.1 Å². The van der Waals surface area contributed by atoms with E-state index in [9.17, 15) is 9.59 Å². The number of hydrogen-bond donors (Lipinski definition) is 2. The third-order valence-electron chi connectivity index (χ3n) is 2.98. The van der Waals surface area contributed by atoms with Gasteiger partial charge in [0.2, 0.25) is 11.8 Å². The van der Waals surface area contributed by atoms with Gasteiger partial charge >= 0.3 is 0 Å². The van der Waals surface area contributed by atoms with E-state index in [0.29, 0.717) is 18.9 Å². The number of nitrogens with one attached hydrogen (secondary N) is 1. The predicted octanol–water partition coefficient (Wildman–Crippen LogP) is -0.290. The Bertz CT molecular complexity index is 248. The molecule has 0 radical (unpaired) electrons. The highest BCUT2D eigenvalue weighted by molar-refractivity contribution is 5.78. The molecule has 1 rings (SSSR count). The van der Waals surface area contributed by atoms with Gasteiger partial charge in [-0.05, 0) is 25.3 Å². The van der Waals surface area contributed by atoms with Gasteiger partial charge in [-0.25, -0.2) is 0 Å². The van der Waals surface area contributed by atoms with Gasteiger partial charge in [-0.3, -0.25) is 9.59 Å². The Morgan fingerprint density at radius 1 is 1.38 bits per heavy atom. The predicted molar refractivity (Wildman–Crippen MR) is 61.7 cm³/mol. The summed E-state index contributed by atoms with van der Waals surface area (Å²) in [5.41, 5.74) is 5.15. The number of carbonyl (C=O) groups is 2. The molecular weight excluding hydrogens is 206 g/mol. The second kappa shape index (κ2) is 6.48. The van der Waals surface area contributed by atoms with Crippen molar-refractivity contribution in [3.05, 3.63) is 0 Å². The van der Waals surface area contributed by atoms with Crippen molar-refractivity contribution < 1.29 is 9.59 Å². The number of amides is 2. The molecule has 16 heavy (non-hydrogen) atoms. The minimum Gasteiger partial charge on any atom is -0.370 e. The van der Waals surface area contributed by atoms with E-state index in [1.165, 1.54) is 0 Å². The summed E-state index contributed by atoms with van der Waals surface area (Å²) in [4.78, 5) is 24.3. The van der Waals surface area contributed by atoms with Gasteiger partial charge in [0, 0.05) is 19.5 Å². The fourth-order valence-corrected chi connectivity index (χ4v) is 2.01. The molecule has 0 spiro atoms. The zero-order valence-corrected chi connectivity index (χ0v) is 9.87. The summed E-state index contributed by atoms with van der Waals surface area (Å²) >= 11 is 0. The van der Waals surface area contributed by atoms with Crippen molar-refractivity contribution in [3.8, 4) is 0 Å². The van der Waals surface area contributed by atoms with Crippen LogP contribution in [0.15, 0.2) is 0 Å². The van der Waals surface area contributed by atoms with Crippen molar-refractivity contribution >= 4 is 11.8 Å². The molecule has 3 N–H and O–H groups in total. The third kappa shape index (κ3) is 4.18. The Kier molecular flexibility index (Phi) is 5.25. The molecule has 0 aromatic carbocycles. The lowest BCUT2D eigenvalue weighted by Gasteiger charge is -2.31. The Balaban J connectivity index is 2.25. The lowest BCUT2D eigenvalue weighted by Crippen LogP contribution is -2.43. The van der Waals surface area contributed by atoms with Gasteiger partial charge in [0.25, 0.3) is 0 Å². The molecule has 0 saturated carbocycles. The Hall–Kier alpha value is -1.10. The molecule has 1 heterocycles. The van der Waals surface area contributed by atoms with Crippen LogP contribution in [-0.2, 0) is 9.59 Å². The van der Waals surface area contributed by atoms with Crippen LogP contribution in [-0.4, -0.2) is 42.9 Å². The largest absolute Gasteiger partial charge is 0.370 e. The molecule has 1 saturated heterocycles. The van der Waals surface area contributed by atoms with Crippen molar-refractivity contribution in [3.63, 3.8) is 0 Å². The lowest BCUT2D eigenvalue weighted by atomic mass is 9.93. The van der Waals surface area contributed by atoms with E-state index in [0.717, 1.165) is 32.5 Å². The zero-order valence-electron chi connectivity index (χ0n) is 9.87. The van der Waals surface area contributed by atoms with E-state index in [1.807, 2.05) is 11.8 Å². The summed E-state index contributed by atoms with van der Waals surface area (Å²) in [6, 6.07) is 0. The van der Waals surface area contributed by atoms with E-state index >= 15 is 0 Å². The van der Waals surface area contributed by atoms with Gasteiger partial charge in [-0.2, -0.15) is 0 Å². The molecule has 1 aliphatic heterocycles. The molecule has 5 nitrogen and oxygen atoms in total. The van der Waals surface area contributed by atoms with Crippen LogP contribution >= 0.6 is 0 Å². The normalized spacial score (nSPS) is 17.4. The average Bonchev–Trinajstić information content (AvgIpc) is 2.26. The minimum absolute atomic E-state index is 0.152. The van der Waals surface area contributed by atoms with Crippen molar-refractivity contribution in [1.82, 2.24) is 10.2 Å². The van der Waals surface area contributed by atoms with Gasteiger partial charge in [-0.15, -0.1) is 0 Å². The lowest BCUT2D eigenvalue weighted by molar-refractivity contribution is -0.131. The standard InChI is InChI=1S/C11H21N3O2/c1-2-13-8-11(16)14-5-3-9(4-6-14)7-10(12)15/h9,13H,2-8H2,1H3,(H2,12,15). The second-order valence-electron chi connectivity index (χ2n) is 4.27. The first-order valence-corrected chi connectivity index (χ1v) is 5.90. The van der Waals surface area contributed by atoms with Crippen LogP contribution in [0.3, 0.4) is 0 Å². The molecular formula is C11H21N3O2. The van der Waals surface area contributed by atoms with E-state index in [4.69, 9.17) is 5.73 Å². The Labute approximate surface area is 96.4 Å². The molecule has 92 valence electrons. The van der Waals surface area contributed by atoms with Crippen molar-refractivity contribution in [1.29, 1.82) is 0 Å². The number of hydrogen-bond acceptors (Lipinski definition) is 3. The van der Waals surface area contributed by atoms with Crippen LogP contribution in [0, 0.1) is 5.92 Å². The van der Waals surface area contributed by atoms with Crippen LogP contribution in [0.1, 0.15) is 26.2 Å². The van der Waals surface area contributed by atoms with Gasteiger partial charge in [0.1, 0.15) is 0 Å². The van der Waals surface area contributed by atoms with Gasteiger partial charge in [0.15, 0.2) is 0 Å². The number of nitrogens with zero attached hydrogens (tertiary/aromatic N) is 1. The number of primary amides is 1. The summed E-state index contributed by atoms with van der Waals surface area (Å²) in [7, 11) is 0. The van der Waals surface area contributed by atoms with Crippen molar-refractivity contribution in [2.24, 2.45) is 11.7 Å². The molecule has 0 aromatic heterocycles. The summed E-state index contributed by atoms with van der Waals surface area (Å²) in [6.45, 7) is 4.71. The van der Waals surface area contributed by atoms with Crippen LogP contribution in [0.2, 0.25) is 0 Å². The number of likely N-dealkylation sites (N-methyl/N-ethyl adjacent to an activating group) is 1. The average molecular weight is 227 g/mol. The number of nitrogens with two attached hydrogens (primary N) is 1. The van der Waals surface area contributed by atoms with E-state index in [-0.39, 0.29) is 11.8 Å². The second-order valence-corrected chi connectivity index (χ2v) is 4.27. The van der Waals surface area contributed by atoms with Crippen LogP contribution in [0.4, 0.5) is 0 Å². The van der Waals surface area contributed by atoms with E-state index in [1.54, 1.807) is 0 Å². The molecule has 0 bridgehead atoms. The highest BCUT2D eigenvalue weighted by Gasteiger charge is 2.23. The van der Waals surface area contributed by atoms with Crippen LogP contribution in [0.25, 0.3) is 0 Å². The monoisotopic (exact) mass is 227 g/mol. The van der Waals surface area contributed by atoms with E-state index in [2.05, 4.69) is 5.32 Å². The van der Waals surface area contributed by atoms with Gasteiger partial charge in [0.05, 0.1) is 6.54 Å². The third-order valence-corrected chi connectivity index (χ3v) is 2.98. The molecule has 0 aromatic rings. The fraction of sp³-hybridized carbons (Fsp3) is 0.818. The SMILES string of the molecule is CCNCC(=O)N1CCC(CC(N)=O)CC1. The molecule has 0 aliphatic carbocycles. The topological polar surface area (TPSA) is 75.4 Å². The Morgan fingerprint density at radius 3 is 2.50 bits per heavy atom. The maximum atomic E-state index is 11.7. The number of carbonyl (C=O) groups excluding carboxylic acids is 2. The summed E-state index contributed by atoms with van der Waals surface area (Å²) in [5.74, 6) is 0.275. The first kappa shape index (κ1) is 13.0. The van der Waals surface area contributed by atoms with Gasteiger partial charge < -0.3 is 16.0 Å².